The minimum atomic E-state index is -1.36. The van der Waals surface area contributed by atoms with Gasteiger partial charge in [-0.15, -0.1) is 0 Å². The molecule has 1 heterocycles. The van der Waals surface area contributed by atoms with Crippen molar-refractivity contribution in [2.24, 2.45) is 0 Å². The molecule has 60 valence electrons. The van der Waals surface area contributed by atoms with E-state index in [-0.39, 0.29) is 0 Å². The van der Waals surface area contributed by atoms with Crippen LogP contribution in [-0.2, 0) is 0 Å². The number of aromatic nitrogens is 1. The summed E-state index contributed by atoms with van der Waals surface area (Å²) in [5.74, 6) is 0. The number of hydrogen-bond donors (Lipinski definition) is 0. The van der Waals surface area contributed by atoms with Crippen LogP contribution < -0.4 is 0 Å². The monoisotopic (exact) mass is 167 g/mol. The Morgan fingerprint density at radius 3 is 2.45 bits per heavy atom. The zero-order chi connectivity index (χ0) is 8.48. The summed E-state index contributed by atoms with van der Waals surface area (Å²) in [6.45, 7) is 6.62. The summed E-state index contributed by atoms with van der Waals surface area (Å²) in [7, 11) is -1.36. The van der Waals surface area contributed by atoms with Crippen LogP contribution >= 0.6 is 0 Å². The molecule has 1 aromatic heterocycles. The molecule has 0 saturated heterocycles. The van der Waals surface area contributed by atoms with Crippen molar-refractivity contribution in [2.45, 2.75) is 19.6 Å². The highest BCUT2D eigenvalue weighted by Gasteiger charge is 2.17. The molecule has 2 nitrogen and oxygen atoms in total. The van der Waals surface area contributed by atoms with Gasteiger partial charge in [-0.1, -0.05) is 19.6 Å². The quantitative estimate of drug-likeness (QED) is 0.487. The topological polar surface area (TPSA) is 22.0 Å². The fourth-order valence-corrected chi connectivity index (χ4v) is 2.54. The first-order chi connectivity index (χ1) is 5.05. The Balaban J connectivity index is 3.12. The Labute approximate surface area is 67.9 Å². The second-order valence-corrected chi connectivity index (χ2v) is 8.42. The van der Waals surface area contributed by atoms with Gasteiger partial charge in [0.1, 0.15) is 0 Å². The summed E-state index contributed by atoms with van der Waals surface area (Å²) in [6, 6.07) is 3.77. The molecular weight excluding hydrogens is 154 g/mol. The zero-order valence-electron chi connectivity index (χ0n) is 7.16. The van der Waals surface area contributed by atoms with E-state index >= 15 is 0 Å². The number of nitrogens with zero attached hydrogens (tertiary/aromatic N) is 1. The van der Waals surface area contributed by atoms with Gasteiger partial charge < -0.3 is 4.23 Å². The van der Waals surface area contributed by atoms with E-state index in [1.165, 1.54) is 0 Å². The van der Waals surface area contributed by atoms with Gasteiger partial charge in [-0.2, -0.15) is 0 Å². The lowest BCUT2D eigenvalue weighted by Gasteiger charge is -2.19. The van der Waals surface area contributed by atoms with E-state index in [0.717, 1.165) is 12.0 Å². The summed E-state index contributed by atoms with van der Waals surface area (Å²) < 4.78 is 2.10. The van der Waals surface area contributed by atoms with Gasteiger partial charge in [0.15, 0.2) is 14.5 Å². The van der Waals surface area contributed by atoms with Crippen molar-refractivity contribution in [3.8, 4) is 0 Å². The van der Waals surface area contributed by atoms with Crippen LogP contribution in [0.1, 0.15) is 10.5 Å². The third kappa shape index (κ3) is 1.60. The molecule has 0 unspecified atom stereocenters. The lowest BCUT2D eigenvalue weighted by atomic mass is 10.5. The standard InChI is InChI=1S/C8H13NOSi/c1-11(2,3)9-6-4-5-8(9)7-10/h4-7H,1-3H3. The molecule has 11 heavy (non-hydrogen) atoms. The highest BCUT2D eigenvalue weighted by atomic mass is 28.3. The Bertz CT molecular complexity index is 259. The highest BCUT2D eigenvalue weighted by molar-refractivity contribution is 6.74. The Morgan fingerprint density at radius 1 is 1.45 bits per heavy atom. The minimum Gasteiger partial charge on any atom is -0.373 e. The lowest BCUT2D eigenvalue weighted by molar-refractivity contribution is 0.111. The second-order valence-electron chi connectivity index (χ2n) is 3.59. The molecule has 0 aliphatic carbocycles. The van der Waals surface area contributed by atoms with E-state index in [1.807, 2.05) is 18.3 Å². The maximum Gasteiger partial charge on any atom is 0.165 e. The Hall–Kier alpha value is -0.833. The van der Waals surface area contributed by atoms with Gasteiger partial charge in [0, 0.05) is 0 Å². The first-order valence-electron chi connectivity index (χ1n) is 3.69. The SMILES string of the molecule is C[Si](C)(C)n1cccc1C=O. The molecule has 0 amide bonds. The predicted molar refractivity (Wildman–Crippen MR) is 48.6 cm³/mol. The molecule has 1 rings (SSSR count). The number of aldehydes is 1. The Kier molecular flexibility index (Phi) is 2.00. The van der Waals surface area contributed by atoms with Gasteiger partial charge >= 0.3 is 0 Å². The van der Waals surface area contributed by atoms with Gasteiger partial charge in [0.25, 0.3) is 0 Å². The molecule has 0 aliphatic rings. The summed E-state index contributed by atoms with van der Waals surface area (Å²) >= 11 is 0. The molecule has 0 aromatic carbocycles. The number of carbonyl (C=O) groups excluding carboxylic acids is 1. The smallest absolute Gasteiger partial charge is 0.165 e. The third-order valence-corrected chi connectivity index (χ3v) is 3.48. The van der Waals surface area contributed by atoms with Gasteiger partial charge in [-0.25, -0.2) is 0 Å². The van der Waals surface area contributed by atoms with E-state index in [0.29, 0.717) is 0 Å². The molecule has 0 atom stereocenters. The molecular formula is C8H13NOSi. The number of rotatable bonds is 2. The molecule has 0 radical (unpaired) electrons. The first kappa shape index (κ1) is 8.27. The van der Waals surface area contributed by atoms with Crippen LogP contribution in [0.4, 0.5) is 0 Å². The average Bonchev–Trinajstić information content (AvgIpc) is 2.31. The second kappa shape index (κ2) is 2.66. The van der Waals surface area contributed by atoms with Crippen LogP contribution in [0.2, 0.25) is 19.6 Å². The van der Waals surface area contributed by atoms with Crippen LogP contribution in [0.25, 0.3) is 0 Å². The van der Waals surface area contributed by atoms with Gasteiger partial charge in [0.05, 0.1) is 5.69 Å². The largest absolute Gasteiger partial charge is 0.373 e. The summed E-state index contributed by atoms with van der Waals surface area (Å²) in [6.07, 6.45) is 2.90. The molecule has 0 fully saturated rings. The van der Waals surface area contributed by atoms with E-state index in [9.17, 15) is 4.79 Å². The maximum atomic E-state index is 10.5. The van der Waals surface area contributed by atoms with Gasteiger partial charge in [-0.05, 0) is 18.3 Å². The molecule has 0 saturated carbocycles. The van der Waals surface area contributed by atoms with E-state index in [2.05, 4.69) is 23.9 Å². The average molecular weight is 167 g/mol. The van der Waals surface area contributed by atoms with Crippen LogP contribution in [0.15, 0.2) is 18.3 Å². The van der Waals surface area contributed by atoms with Crippen LogP contribution in [0.3, 0.4) is 0 Å². The molecule has 0 N–H and O–H groups in total. The van der Waals surface area contributed by atoms with Crippen LogP contribution in [0.5, 0.6) is 0 Å². The van der Waals surface area contributed by atoms with Crippen molar-refractivity contribution < 1.29 is 4.79 Å². The van der Waals surface area contributed by atoms with Crippen molar-refractivity contribution in [1.29, 1.82) is 0 Å². The maximum absolute atomic E-state index is 10.5. The van der Waals surface area contributed by atoms with Gasteiger partial charge in [0.2, 0.25) is 0 Å². The highest BCUT2D eigenvalue weighted by Crippen LogP contribution is 2.09. The summed E-state index contributed by atoms with van der Waals surface area (Å²) in [4.78, 5) is 10.5. The number of hydrogen-bond acceptors (Lipinski definition) is 1. The molecule has 1 aromatic rings. The number of carbonyl (C=O) groups is 1. The minimum absolute atomic E-state index is 0.796. The van der Waals surface area contributed by atoms with Crippen molar-refractivity contribution in [3.05, 3.63) is 24.0 Å². The third-order valence-electron chi connectivity index (χ3n) is 1.62. The van der Waals surface area contributed by atoms with E-state index in [1.54, 1.807) is 0 Å². The molecule has 0 spiro atoms. The summed E-state index contributed by atoms with van der Waals surface area (Å²) in [5.41, 5.74) is 0.796. The fraction of sp³-hybridized carbons (Fsp3) is 0.375. The molecule has 0 bridgehead atoms. The Morgan fingerprint density at radius 2 is 2.09 bits per heavy atom. The summed E-state index contributed by atoms with van der Waals surface area (Å²) in [5, 5.41) is 0. The lowest BCUT2D eigenvalue weighted by Crippen LogP contribution is -2.32. The van der Waals surface area contributed by atoms with Crippen molar-refractivity contribution >= 4 is 14.5 Å². The molecule has 0 aliphatic heterocycles. The van der Waals surface area contributed by atoms with Crippen LogP contribution in [0, 0.1) is 0 Å². The van der Waals surface area contributed by atoms with Crippen molar-refractivity contribution in [1.82, 2.24) is 4.23 Å². The molecule has 3 heteroatoms. The zero-order valence-corrected chi connectivity index (χ0v) is 8.16. The van der Waals surface area contributed by atoms with Crippen LogP contribution in [-0.4, -0.2) is 18.8 Å². The predicted octanol–water partition coefficient (Wildman–Crippen LogP) is 1.98. The van der Waals surface area contributed by atoms with E-state index in [4.69, 9.17) is 0 Å². The van der Waals surface area contributed by atoms with E-state index < -0.39 is 8.24 Å². The first-order valence-corrected chi connectivity index (χ1v) is 7.13. The van der Waals surface area contributed by atoms with Gasteiger partial charge in [-0.3, -0.25) is 4.79 Å². The fourth-order valence-electron chi connectivity index (χ4n) is 1.10. The normalized spacial score (nSPS) is 11.5. The van der Waals surface area contributed by atoms with Crippen molar-refractivity contribution in [3.63, 3.8) is 0 Å². The van der Waals surface area contributed by atoms with Crippen molar-refractivity contribution in [2.75, 3.05) is 0 Å².